The zero-order chi connectivity index (χ0) is 15.2. The Morgan fingerprint density at radius 2 is 1.81 bits per heavy atom. The molecule has 2 rings (SSSR count). The van der Waals surface area contributed by atoms with E-state index in [0.717, 1.165) is 5.56 Å². The van der Waals surface area contributed by atoms with Crippen LogP contribution in [0.1, 0.15) is 15.9 Å². The molecule has 21 heavy (non-hydrogen) atoms. The summed E-state index contributed by atoms with van der Waals surface area (Å²) in [5, 5.41) is 0.357. The van der Waals surface area contributed by atoms with Crippen LogP contribution in [0.3, 0.4) is 0 Å². The van der Waals surface area contributed by atoms with Gasteiger partial charge in [-0.05, 0) is 17.7 Å². The molecule has 110 valence electrons. The Morgan fingerprint density at radius 1 is 1.10 bits per heavy atom. The Hall–Kier alpha value is -2.04. The average Bonchev–Trinajstić information content (AvgIpc) is 2.47. The van der Waals surface area contributed by atoms with Gasteiger partial charge >= 0.3 is 0 Å². The van der Waals surface area contributed by atoms with Crippen molar-refractivity contribution in [1.29, 1.82) is 0 Å². The average molecular weight is 304 g/mol. The maximum Gasteiger partial charge on any atom is 0.252 e. The van der Waals surface area contributed by atoms with E-state index in [1.165, 1.54) is 0 Å². The van der Waals surface area contributed by atoms with Crippen LogP contribution >= 0.6 is 11.6 Å². The van der Waals surface area contributed by atoms with Crippen molar-refractivity contribution in [3.05, 3.63) is 64.7 Å². The zero-order valence-corrected chi connectivity index (χ0v) is 12.4. The molecule has 0 aliphatic heterocycles. The minimum Gasteiger partial charge on any atom is -0.365 e. The highest BCUT2D eigenvalue weighted by molar-refractivity contribution is 6.34. The maximum atomic E-state index is 11.7. The maximum absolute atomic E-state index is 11.7. The standard InChI is InChI=1S/C16H18ClN3O/c17-13-7-4-8-14(15(13)16(19)21)20(10-9-18)11-12-5-2-1-3-6-12/h1-8H,9-11,18H2,(H2,19,21). The van der Waals surface area contributed by atoms with Gasteiger partial charge in [0.1, 0.15) is 0 Å². The smallest absolute Gasteiger partial charge is 0.252 e. The first-order valence-electron chi connectivity index (χ1n) is 6.70. The van der Waals surface area contributed by atoms with Crippen molar-refractivity contribution in [3.8, 4) is 0 Å². The van der Waals surface area contributed by atoms with Gasteiger partial charge in [0, 0.05) is 19.6 Å². The van der Waals surface area contributed by atoms with E-state index >= 15 is 0 Å². The van der Waals surface area contributed by atoms with E-state index in [9.17, 15) is 4.79 Å². The summed E-state index contributed by atoms with van der Waals surface area (Å²) in [5.74, 6) is -0.536. The second-order valence-electron chi connectivity index (χ2n) is 4.69. The Morgan fingerprint density at radius 3 is 2.43 bits per heavy atom. The highest BCUT2D eigenvalue weighted by atomic mass is 35.5. The highest BCUT2D eigenvalue weighted by Crippen LogP contribution is 2.28. The van der Waals surface area contributed by atoms with E-state index in [2.05, 4.69) is 0 Å². The van der Waals surface area contributed by atoms with E-state index in [1.807, 2.05) is 41.3 Å². The number of nitrogens with zero attached hydrogens (tertiary/aromatic N) is 1. The molecule has 5 heteroatoms. The van der Waals surface area contributed by atoms with Gasteiger partial charge in [-0.3, -0.25) is 4.79 Å². The summed E-state index contributed by atoms with van der Waals surface area (Å²) in [6, 6.07) is 15.3. The predicted octanol–water partition coefficient (Wildman–Crippen LogP) is 2.40. The van der Waals surface area contributed by atoms with E-state index in [4.69, 9.17) is 23.1 Å². The monoisotopic (exact) mass is 303 g/mol. The molecule has 0 saturated carbocycles. The number of hydrogen-bond donors (Lipinski definition) is 2. The molecular formula is C16H18ClN3O. The van der Waals surface area contributed by atoms with Crippen LogP contribution in [0.4, 0.5) is 5.69 Å². The van der Waals surface area contributed by atoms with Crippen LogP contribution in [0, 0.1) is 0 Å². The predicted molar refractivity (Wildman–Crippen MR) is 86.5 cm³/mol. The minimum absolute atomic E-state index is 0.337. The fraction of sp³-hybridized carbons (Fsp3) is 0.188. The SMILES string of the molecule is NCCN(Cc1ccccc1)c1cccc(Cl)c1C(N)=O. The van der Waals surface area contributed by atoms with E-state index < -0.39 is 5.91 Å². The third kappa shape index (κ3) is 3.74. The Kier molecular flexibility index (Phi) is 5.20. The minimum atomic E-state index is -0.536. The van der Waals surface area contributed by atoms with Gasteiger partial charge in [-0.15, -0.1) is 0 Å². The van der Waals surface area contributed by atoms with Gasteiger partial charge in [0.25, 0.3) is 5.91 Å². The summed E-state index contributed by atoms with van der Waals surface area (Å²) in [6.07, 6.45) is 0. The summed E-state index contributed by atoms with van der Waals surface area (Å²) in [4.78, 5) is 13.7. The number of carbonyl (C=O) groups is 1. The molecule has 0 heterocycles. The molecule has 0 bridgehead atoms. The van der Waals surface area contributed by atoms with Crippen LogP contribution in [0.2, 0.25) is 5.02 Å². The molecule has 0 aliphatic rings. The Balaban J connectivity index is 2.39. The molecule has 0 radical (unpaired) electrons. The number of halogens is 1. The lowest BCUT2D eigenvalue weighted by molar-refractivity contribution is 0.100. The molecule has 4 nitrogen and oxygen atoms in total. The van der Waals surface area contributed by atoms with Gasteiger partial charge < -0.3 is 16.4 Å². The van der Waals surface area contributed by atoms with E-state index in [1.54, 1.807) is 12.1 Å². The van der Waals surface area contributed by atoms with Crippen LogP contribution < -0.4 is 16.4 Å². The molecule has 0 spiro atoms. The third-order valence-electron chi connectivity index (χ3n) is 3.19. The van der Waals surface area contributed by atoms with Crippen molar-refractivity contribution in [2.45, 2.75) is 6.54 Å². The lowest BCUT2D eigenvalue weighted by atomic mass is 10.1. The molecule has 0 aliphatic carbocycles. The number of amides is 1. The second-order valence-corrected chi connectivity index (χ2v) is 5.10. The summed E-state index contributed by atoms with van der Waals surface area (Å²) >= 11 is 6.11. The molecule has 0 unspecified atom stereocenters. The summed E-state index contributed by atoms with van der Waals surface area (Å²) < 4.78 is 0. The molecule has 0 fully saturated rings. The topological polar surface area (TPSA) is 72.3 Å². The molecular weight excluding hydrogens is 286 g/mol. The van der Waals surface area contributed by atoms with Gasteiger partial charge in [-0.2, -0.15) is 0 Å². The van der Waals surface area contributed by atoms with Crippen molar-refractivity contribution in [2.75, 3.05) is 18.0 Å². The fourth-order valence-corrected chi connectivity index (χ4v) is 2.53. The van der Waals surface area contributed by atoms with Crippen molar-refractivity contribution in [3.63, 3.8) is 0 Å². The Labute approximate surface area is 129 Å². The number of hydrogen-bond acceptors (Lipinski definition) is 3. The molecule has 1 amide bonds. The van der Waals surface area contributed by atoms with Crippen molar-refractivity contribution >= 4 is 23.2 Å². The molecule has 0 saturated heterocycles. The van der Waals surface area contributed by atoms with Crippen molar-refractivity contribution in [2.24, 2.45) is 11.5 Å². The van der Waals surface area contributed by atoms with Crippen LogP contribution in [0.15, 0.2) is 48.5 Å². The number of nitrogens with two attached hydrogens (primary N) is 2. The first kappa shape index (κ1) is 15.4. The lowest BCUT2D eigenvalue weighted by Crippen LogP contribution is -2.31. The molecule has 0 aromatic heterocycles. The first-order valence-corrected chi connectivity index (χ1v) is 7.08. The van der Waals surface area contributed by atoms with Crippen molar-refractivity contribution in [1.82, 2.24) is 0 Å². The van der Waals surface area contributed by atoms with Crippen LogP contribution in [-0.2, 0) is 6.54 Å². The van der Waals surface area contributed by atoms with Crippen molar-refractivity contribution < 1.29 is 4.79 Å². The second kappa shape index (κ2) is 7.11. The third-order valence-corrected chi connectivity index (χ3v) is 3.51. The normalized spacial score (nSPS) is 10.4. The van der Waals surface area contributed by atoms with Gasteiger partial charge in [0.15, 0.2) is 0 Å². The molecule has 0 atom stereocenters. The van der Waals surface area contributed by atoms with Gasteiger partial charge in [-0.1, -0.05) is 48.0 Å². The van der Waals surface area contributed by atoms with Crippen LogP contribution in [0.5, 0.6) is 0 Å². The van der Waals surface area contributed by atoms with E-state index in [0.29, 0.717) is 35.9 Å². The number of benzene rings is 2. The van der Waals surface area contributed by atoms with Gasteiger partial charge in [0.05, 0.1) is 16.3 Å². The van der Waals surface area contributed by atoms with Gasteiger partial charge in [-0.25, -0.2) is 0 Å². The van der Waals surface area contributed by atoms with Crippen LogP contribution in [0.25, 0.3) is 0 Å². The number of primary amides is 1. The molecule has 2 aromatic carbocycles. The lowest BCUT2D eigenvalue weighted by Gasteiger charge is -2.26. The first-order chi connectivity index (χ1) is 10.1. The molecule has 2 aromatic rings. The summed E-state index contributed by atoms with van der Waals surface area (Å²) in [5.41, 5.74) is 13.3. The number of anilines is 1. The highest BCUT2D eigenvalue weighted by Gasteiger charge is 2.17. The number of rotatable bonds is 6. The summed E-state index contributed by atoms with van der Waals surface area (Å²) in [6.45, 7) is 1.71. The largest absolute Gasteiger partial charge is 0.365 e. The van der Waals surface area contributed by atoms with E-state index in [-0.39, 0.29) is 0 Å². The number of carbonyl (C=O) groups excluding carboxylic acids is 1. The molecule has 4 N–H and O–H groups in total. The quantitative estimate of drug-likeness (QED) is 0.860. The summed E-state index contributed by atoms with van der Waals surface area (Å²) in [7, 11) is 0. The van der Waals surface area contributed by atoms with Crippen LogP contribution in [-0.4, -0.2) is 19.0 Å². The van der Waals surface area contributed by atoms with Gasteiger partial charge in [0.2, 0.25) is 0 Å². The zero-order valence-electron chi connectivity index (χ0n) is 11.6. The Bertz CT molecular complexity index is 616. The fourth-order valence-electron chi connectivity index (χ4n) is 2.26.